The summed E-state index contributed by atoms with van der Waals surface area (Å²) in [5.74, 6) is -0.0430. The van der Waals surface area contributed by atoms with Gasteiger partial charge in [0.25, 0.3) is 0 Å². The summed E-state index contributed by atoms with van der Waals surface area (Å²) >= 11 is 3.40. The molecular weight excluding hydrogens is 537 g/mol. The molecule has 2 aliphatic heterocycles. The van der Waals surface area contributed by atoms with Crippen LogP contribution >= 0.6 is 15.9 Å². The van der Waals surface area contributed by atoms with Gasteiger partial charge in [0.05, 0.1) is 23.6 Å². The second-order valence-corrected chi connectivity index (χ2v) is 11.2. The fourth-order valence-electron chi connectivity index (χ4n) is 5.81. The van der Waals surface area contributed by atoms with E-state index in [2.05, 4.69) is 26.1 Å². The van der Waals surface area contributed by atoms with E-state index in [1.807, 2.05) is 28.8 Å². The number of benzene rings is 2. The average Bonchev–Trinajstić information content (AvgIpc) is 3.66. The number of halogens is 2. The molecule has 3 fully saturated rings. The minimum atomic E-state index is -0.488. The van der Waals surface area contributed by atoms with Gasteiger partial charge < -0.3 is 19.5 Å². The maximum Gasteiger partial charge on any atom is 0.200 e. The molecule has 6 nitrogen and oxygen atoms in total. The first kappa shape index (κ1) is 24.4. The Bertz CT molecular complexity index is 1450. The van der Waals surface area contributed by atoms with Crippen LogP contribution in [0.15, 0.2) is 51.9 Å². The lowest BCUT2D eigenvalue weighted by atomic mass is 9.94. The van der Waals surface area contributed by atoms with Gasteiger partial charge in [-0.1, -0.05) is 34.1 Å². The summed E-state index contributed by atoms with van der Waals surface area (Å²) in [6, 6.07) is 9.32. The third kappa shape index (κ3) is 4.50. The van der Waals surface area contributed by atoms with Crippen LogP contribution in [0.2, 0.25) is 0 Å². The predicted molar refractivity (Wildman–Crippen MR) is 147 cm³/mol. The van der Waals surface area contributed by atoms with Gasteiger partial charge in [-0.15, -0.1) is 0 Å². The van der Waals surface area contributed by atoms with Crippen LogP contribution in [0.3, 0.4) is 0 Å². The third-order valence-electron chi connectivity index (χ3n) is 7.82. The number of aromatic nitrogens is 1. The van der Waals surface area contributed by atoms with Gasteiger partial charge in [0.2, 0.25) is 5.43 Å². The van der Waals surface area contributed by atoms with Crippen molar-refractivity contribution in [2.24, 2.45) is 5.92 Å². The quantitative estimate of drug-likeness (QED) is 0.323. The lowest BCUT2D eigenvalue weighted by Crippen LogP contribution is -2.40. The second kappa shape index (κ2) is 9.72. The topological polar surface area (TPSA) is 63.6 Å². The van der Waals surface area contributed by atoms with E-state index in [4.69, 9.17) is 4.74 Å². The fraction of sp³-hybridized carbons (Fsp3) is 0.379. The van der Waals surface area contributed by atoms with Gasteiger partial charge in [-0.3, -0.25) is 9.59 Å². The zero-order valence-corrected chi connectivity index (χ0v) is 22.3. The van der Waals surface area contributed by atoms with Crippen molar-refractivity contribution in [2.45, 2.75) is 37.8 Å². The van der Waals surface area contributed by atoms with Crippen molar-refractivity contribution in [3.05, 3.63) is 74.2 Å². The first-order valence-corrected chi connectivity index (χ1v) is 13.7. The Morgan fingerprint density at radius 1 is 1.19 bits per heavy atom. The summed E-state index contributed by atoms with van der Waals surface area (Å²) in [4.78, 5) is 28.8. The summed E-state index contributed by atoms with van der Waals surface area (Å²) in [6.07, 6.45) is 8.86. The lowest BCUT2D eigenvalue weighted by molar-refractivity contribution is 0.104. The van der Waals surface area contributed by atoms with Crippen LogP contribution in [0.25, 0.3) is 17.0 Å². The number of nitrogens with zero attached hydrogens (tertiary/aromatic N) is 2. The number of methoxy groups -OCH3 is 1. The molecule has 0 bridgehead atoms. The Kier molecular flexibility index (Phi) is 6.41. The molecule has 0 radical (unpaired) electrons. The maximum atomic E-state index is 15.8. The number of ether oxygens (including phenoxy) is 1. The number of rotatable bonds is 6. The van der Waals surface area contributed by atoms with Crippen LogP contribution in [-0.4, -0.2) is 43.1 Å². The highest BCUT2D eigenvalue weighted by Crippen LogP contribution is 2.45. The molecule has 2 unspecified atom stereocenters. The highest BCUT2D eigenvalue weighted by atomic mass is 79.9. The number of piperidine rings is 1. The first-order valence-electron chi connectivity index (χ1n) is 12.9. The Hall–Kier alpha value is -2.97. The second-order valence-electron chi connectivity index (χ2n) is 10.3. The highest BCUT2D eigenvalue weighted by molar-refractivity contribution is 9.10. The zero-order chi connectivity index (χ0) is 25.7. The molecular formula is C29H29BrFN3O3. The number of carbonyl (C=O) groups excluding carboxylic acids is 1. The molecule has 2 aromatic carbocycles. The van der Waals surface area contributed by atoms with E-state index in [9.17, 15) is 9.59 Å². The number of fused-ring (bicyclic) bond motifs is 2. The minimum Gasteiger partial charge on any atom is -0.492 e. The van der Waals surface area contributed by atoms with E-state index in [1.54, 1.807) is 12.3 Å². The lowest BCUT2D eigenvalue weighted by Gasteiger charge is -2.25. The highest BCUT2D eigenvalue weighted by Gasteiger charge is 2.38. The molecule has 3 heterocycles. The molecule has 8 heteroatoms. The Morgan fingerprint density at radius 3 is 2.68 bits per heavy atom. The molecule has 1 aromatic heterocycles. The molecule has 0 amide bonds. The Labute approximate surface area is 223 Å². The van der Waals surface area contributed by atoms with Crippen LogP contribution in [-0.2, 0) is 0 Å². The van der Waals surface area contributed by atoms with Gasteiger partial charge >= 0.3 is 0 Å². The van der Waals surface area contributed by atoms with Crippen molar-refractivity contribution in [1.29, 1.82) is 0 Å². The number of carbonyl (C=O) groups is 1. The summed E-state index contributed by atoms with van der Waals surface area (Å²) in [6.45, 7) is 2.44. The van der Waals surface area contributed by atoms with Gasteiger partial charge in [-0.05, 0) is 68.0 Å². The van der Waals surface area contributed by atoms with Gasteiger partial charge in [0, 0.05) is 35.8 Å². The summed E-state index contributed by atoms with van der Waals surface area (Å²) < 4.78 is 24.5. The number of ketones is 1. The van der Waals surface area contributed by atoms with Crippen molar-refractivity contribution in [2.75, 3.05) is 31.6 Å². The van der Waals surface area contributed by atoms with E-state index < -0.39 is 17.0 Å². The summed E-state index contributed by atoms with van der Waals surface area (Å²) in [5, 5.41) is 3.75. The first-order chi connectivity index (χ1) is 17.9. The molecule has 3 aromatic rings. The molecule has 1 saturated carbocycles. The van der Waals surface area contributed by atoms with Crippen molar-refractivity contribution < 1.29 is 13.9 Å². The number of anilines is 1. The third-order valence-corrected chi connectivity index (χ3v) is 8.35. The van der Waals surface area contributed by atoms with Crippen LogP contribution in [0.1, 0.15) is 47.6 Å². The Morgan fingerprint density at radius 2 is 1.97 bits per heavy atom. The summed E-state index contributed by atoms with van der Waals surface area (Å²) in [5.41, 5.74) is 1.39. The van der Waals surface area contributed by atoms with Gasteiger partial charge in [-0.2, -0.15) is 0 Å². The van der Waals surface area contributed by atoms with Crippen LogP contribution in [0.4, 0.5) is 10.1 Å². The zero-order valence-electron chi connectivity index (χ0n) is 20.7. The standard InChI is InChI=1S/C29H29BrFN3O3/c1-37-29-26-21(13-23(31)27(29)33-14-18-3-2-12-32-24(18)16-33)28(36)22(15-34(26)20-9-10-20)25(35)11-6-17-4-7-19(30)8-5-17/h4-8,11,13,15,18,20,24,32H,2-3,9-10,12,14,16H2,1H3/b11-6+. The minimum absolute atomic E-state index is 0.0401. The number of hydrogen-bond donors (Lipinski definition) is 1. The van der Waals surface area contributed by atoms with Crippen molar-refractivity contribution >= 4 is 44.4 Å². The van der Waals surface area contributed by atoms with E-state index in [0.717, 1.165) is 48.8 Å². The van der Waals surface area contributed by atoms with Gasteiger partial charge in [-0.25, -0.2) is 4.39 Å². The molecule has 6 rings (SSSR count). The normalized spacial score (nSPS) is 21.5. The smallest absolute Gasteiger partial charge is 0.200 e. The van der Waals surface area contributed by atoms with Gasteiger partial charge in [0.1, 0.15) is 5.69 Å². The van der Waals surface area contributed by atoms with Crippen LogP contribution < -0.4 is 20.4 Å². The van der Waals surface area contributed by atoms with Crippen molar-refractivity contribution in [3.8, 4) is 5.75 Å². The monoisotopic (exact) mass is 565 g/mol. The van der Waals surface area contributed by atoms with Crippen LogP contribution in [0.5, 0.6) is 5.75 Å². The van der Waals surface area contributed by atoms with E-state index in [1.165, 1.54) is 19.3 Å². The predicted octanol–water partition coefficient (Wildman–Crippen LogP) is 5.33. The van der Waals surface area contributed by atoms with E-state index in [-0.39, 0.29) is 17.0 Å². The fourth-order valence-corrected chi connectivity index (χ4v) is 6.08. The number of nitrogens with one attached hydrogen (secondary N) is 1. The summed E-state index contributed by atoms with van der Waals surface area (Å²) in [7, 11) is 1.53. The maximum absolute atomic E-state index is 15.8. The van der Waals surface area contributed by atoms with Crippen molar-refractivity contribution in [3.63, 3.8) is 0 Å². The molecule has 1 N–H and O–H groups in total. The number of hydrogen-bond acceptors (Lipinski definition) is 5. The van der Waals surface area contributed by atoms with E-state index in [0.29, 0.717) is 35.5 Å². The molecule has 3 aliphatic rings. The molecule has 2 saturated heterocycles. The van der Waals surface area contributed by atoms with Crippen molar-refractivity contribution in [1.82, 2.24) is 9.88 Å². The average molecular weight is 566 g/mol. The molecule has 192 valence electrons. The van der Waals surface area contributed by atoms with E-state index >= 15 is 4.39 Å². The Balaban J connectivity index is 1.45. The SMILES string of the molecule is COc1c(N2CC3CCCNC3C2)c(F)cc2c(=O)c(C(=O)/C=C/c3ccc(Br)cc3)cn(C3CC3)c12. The molecule has 0 spiro atoms. The van der Waals surface area contributed by atoms with Gasteiger partial charge in [0.15, 0.2) is 17.3 Å². The number of pyridine rings is 1. The molecule has 37 heavy (non-hydrogen) atoms. The molecule has 1 aliphatic carbocycles. The molecule has 2 atom stereocenters. The largest absolute Gasteiger partial charge is 0.492 e. The van der Waals surface area contributed by atoms with Crippen LogP contribution in [0, 0.1) is 11.7 Å². The number of allylic oxidation sites excluding steroid dienone is 1.